The van der Waals surface area contributed by atoms with Crippen molar-refractivity contribution in [1.82, 2.24) is 10.2 Å². The Morgan fingerprint density at radius 2 is 1.88 bits per heavy atom. The molecule has 1 N–H and O–H groups in total. The van der Waals surface area contributed by atoms with E-state index in [-0.39, 0.29) is 36.5 Å². The van der Waals surface area contributed by atoms with Crippen molar-refractivity contribution in [1.29, 1.82) is 0 Å². The predicted octanol–water partition coefficient (Wildman–Crippen LogP) is 2.57. The molecule has 1 aliphatic rings. The number of hydrogen-bond donors (Lipinski definition) is 1. The van der Waals surface area contributed by atoms with Crippen molar-refractivity contribution < 1.29 is 23.0 Å². The number of carbonyl (C=O) groups is 1. The Hall–Kier alpha value is -1.73. The molecular formula is C17H24F2N2O3. The summed E-state index contributed by atoms with van der Waals surface area (Å²) in [6.07, 6.45) is 0.0787. The third-order valence-corrected chi connectivity index (χ3v) is 3.94. The molecule has 1 aromatic rings. The first kappa shape index (κ1) is 18.6. The van der Waals surface area contributed by atoms with Crippen molar-refractivity contribution >= 4 is 5.91 Å². The van der Waals surface area contributed by atoms with Crippen LogP contribution in [0.2, 0.25) is 0 Å². The fraction of sp³-hybridized carbons (Fsp3) is 0.588. The minimum atomic E-state index is -2.83. The molecule has 0 aliphatic carbocycles. The van der Waals surface area contributed by atoms with Gasteiger partial charge in [0.25, 0.3) is 0 Å². The molecule has 1 amide bonds. The number of alkyl halides is 2. The lowest BCUT2D eigenvalue weighted by atomic mass is 10.1. The van der Waals surface area contributed by atoms with Crippen LogP contribution in [0.1, 0.15) is 32.4 Å². The van der Waals surface area contributed by atoms with Gasteiger partial charge in [0.15, 0.2) is 0 Å². The standard InChI is InChI=1S/C17H24F2N2O3/c1-11-9-21(10-12(2)23-11)16(22)8-20-13(3)14-4-6-15(7-5-14)24-17(18)19/h4-7,11-13,17,20H,8-10H2,1-3H3/t11-,12+,13-/m0/s1. The summed E-state index contributed by atoms with van der Waals surface area (Å²) in [5, 5.41) is 3.16. The van der Waals surface area contributed by atoms with E-state index >= 15 is 0 Å². The maximum absolute atomic E-state index is 12.3. The molecule has 5 nitrogen and oxygen atoms in total. The number of amides is 1. The summed E-state index contributed by atoms with van der Waals surface area (Å²) in [5.74, 6) is 0.148. The summed E-state index contributed by atoms with van der Waals surface area (Å²) < 4.78 is 34.2. The predicted molar refractivity (Wildman–Crippen MR) is 86.1 cm³/mol. The van der Waals surface area contributed by atoms with Gasteiger partial charge in [0.1, 0.15) is 5.75 Å². The first-order valence-corrected chi connectivity index (χ1v) is 8.06. The third-order valence-electron chi connectivity index (χ3n) is 3.94. The molecule has 0 spiro atoms. The highest BCUT2D eigenvalue weighted by Crippen LogP contribution is 2.19. The maximum atomic E-state index is 12.3. The van der Waals surface area contributed by atoms with Gasteiger partial charge in [-0.15, -0.1) is 0 Å². The van der Waals surface area contributed by atoms with E-state index in [0.29, 0.717) is 13.1 Å². The second-order valence-electron chi connectivity index (χ2n) is 6.11. The Kier molecular flexibility index (Phi) is 6.51. The number of morpholine rings is 1. The van der Waals surface area contributed by atoms with Gasteiger partial charge in [-0.3, -0.25) is 4.79 Å². The van der Waals surface area contributed by atoms with Gasteiger partial charge in [-0.1, -0.05) is 12.1 Å². The van der Waals surface area contributed by atoms with E-state index < -0.39 is 6.61 Å². The van der Waals surface area contributed by atoms with Gasteiger partial charge >= 0.3 is 6.61 Å². The van der Waals surface area contributed by atoms with Crippen molar-refractivity contribution in [3.05, 3.63) is 29.8 Å². The minimum absolute atomic E-state index is 0.0292. The Bertz CT molecular complexity index is 529. The molecule has 3 atom stereocenters. The lowest BCUT2D eigenvalue weighted by Gasteiger charge is -2.35. The summed E-state index contributed by atoms with van der Waals surface area (Å²) in [7, 11) is 0. The normalized spacial score (nSPS) is 22.5. The number of nitrogens with one attached hydrogen (secondary N) is 1. The van der Waals surface area contributed by atoms with Crippen LogP contribution in [-0.4, -0.2) is 49.3 Å². The van der Waals surface area contributed by atoms with Gasteiger partial charge < -0.3 is 19.7 Å². The van der Waals surface area contributed by atoms with E-state index in [1.54, 1.807) is 17.0 Å². The average Bonchev–Trinajstić information content (AvgIpc) is 2.51. The minimum Gasteiger partial charge on any atom is -0.435 e. The van der Waals surface area contributed by atoms with Gasteiger partial charge in [-0.25, -0.2) is 0 Å². The molecular weight excluding hydrogens is 318 g/mol. The zero-order valence-electron chi connectivity index (χ0n) is 14.2. The molecule has 1 fully saturated rings. The fourth-order valence-electron chi connectivity index (χ4n) is 2.79. The number of nitrogens with zero attached hydrogens (tertiary/aromatic N) is 1. The van der Waals surface area contributed by atoms with Crippen LogP contribution in [0.15, 0.2) is 24.3 Å². The van der Waals surface area contributed by atoms with Crippen molar-refractivity contribution in [3.8, 4) is 5.75 Å². The summed E-state index contributed by atoms with van der Waals surface area (Å²) in [4.78, 5) is 14.1. The van der Waals surface area contributed by atoms with Crippen LogP contribution < -0.4 is 10.1 Å². The molecule has 2 rings (SSSR count). The lowest BCUT2D eigenvalue weighted by molar-refractivity contribution is -0.142. The van der Waals surface area contributed by atoms with Crippen molar-refractivity contribution in [2.45, 2.75) is 45.6 Å². The molecule has 0 saturated carbocycles. The Balaban J connectivity index is 1.83. The van der Waals surface area contributed by atoms with E-state index in [0.717, 1.165) is 5.56 Å². The second kappa shape index (κ2) is 8.39. The van der Waals surface area contributed by atoms with Gasteiger partial charge in [-0.05, 0) is 38.5 Å². The van der Waals surface area contributed by atoms with Crippen molar-refractivity contribution in [3.63, 3.8) is 0 Å². The largest absolute Gasteiger partial charge is 0.435 e. The van der Waals surface area contributed by atoms with Crippen LogP contribution in [-0.2, 0) is 9.53 Å². The molecule has 0 unspecified atom stereocenters. The highest BCUT2D eigenvalue weighted by Gasteiger charge is 2.25. The Morgan fingerprint density at radius 1 is 1.29 bits per heavy atom. The van der Waals surface area contributed by atoms with E-state index in [2.05, 4.69) is 10.1 Å². The average molecular weight is 342 g/mol. The Morgan fingerprint density at radius 3 is 2.42 bits per heavy atom. The van der Waals surface area contributed by atoms with E-state index in [1.807, 2.05) is 20.8 Å². The van der Waals surface area contributed by atoms with Crippen LogP contribution in [0.25, 0.3) is 0 Å². The highest BCUT2D eigenvalue weighted by molar-refractivity contribution is 5.78. The summed E-state index contributed by atoms with van der Waals surface area (Å²) in [6.45, 7) is 4.40. The first-order valence-electron chi connectivity index (χ1n) is 8.06. The highest BCUT2D eigenvalue weighted by atomic mass is 19.3. The number of benzene rings is 1. The first-order chi connectivity index (χ1) is 11.3. The van der Waals surface area contributed by atoms with Gasteiger partial charge in [0.05, 0.1) is 18.8 Å². The van der Waals surface area contributed by atoms with Crippen molar-refractivity contribution in [2.75, 3.05) is 19.6 Å². The quantitative estimate of drug-likeness (QED) is 0.863. The van der Waals surface area contributed by atoms with E-state index in [9.17, 15) is 13.6 Å². The molecule has 134 valence electrons. The zero-order chi connectivity index (χ0) is 17.7. The molecule has 0 aromatic heterocycles. The molecule has 1 aromatic carbocycles. The number of ether oxygens (including phenoxy) is 2. The molecule has 0 bridgehead atoms. The summed E-state index contributed by atoms with van der Waals surface area (Å²) in [5.41, 5.74) is 0.896. The molecule has 1 aliphatic heterocycles. The fourth-order valence-corrected chi connectivity index (χ4v) is 2.79. The lowest BCUT2D eigenvalue weighted by Crippen LogP contribution is -2.50. The number of hydrogen-bond acceptors (Lipinski definition) is 4. The van der Waals surface area contributed by atoms with Crippen molar-refractivity contribution in [2.24, 2.45) is 0 Å². The molecule has 1 saturated heterocycles. The molecule has 1 heterocycles. The van der Waals surface area contributed by atoms with Crippen LogP contribution >= 0.6 is 0 Å². The zero-order valence-corrected chi connectivity index (χ0v) is 14.2. The van der Waals surface area contributed by atoms with Gasteiger partial charge in [0, 0.05) is 19.1 Å². The van der Waals surface area contributed by atoms with Gasteiger partial charge in [-0.2, -0.15) is 8.78 Å². The third kappa shape index (κ3) is 5.42. The van der Waals surface area contributed by atoms with E-state index in [1.165, 1.54) is 12.1 Å². The maximum Gasteiger partial charge on any atom is 0.387 e. The van der Waals surface area contributed by atoms with E-state index in [4.69, 9.17) is 4.74 Å². The second-order valence-corrected chi connectivity index (χ2v) is 6.11. The van der Waals surface area contributed by atoms with Crippen LogP contribution in [0.5, 0.6) is 5.75 Å². The van der Waals surface area contributed by atoms with Crippen LogP contribution in [0, 0.1) is 0 Å². The molecule has 0 radical (unpaired) electrons. The Labute approximate surface area is 140 Å². The molecule has 7 heteroatoms. The SMILES string of the molecule is C[C@@H]1CN(C(=O)CN[C@@H](C)c2ccc(OC(F)F)cc2)C[C@H](C)O1. The topological polar surface area (TPSA) is 50.8 Å². The summed E-state index contributed by atoms with van der Waals surface area (Å²) in [6, 6.07) is 6.32. The van der Waals surface area contributed by atoms with Crippen LogP contribution in [0.3, 0.4) is 0 Å². The smallest absolute Gasteiger partial charge is 0.387 e. The summed E-state index contributed by atoms with van der Waals surface area (Å²) >= 11 is 0. The molecule has 24 heavy (non-hydrogen) atoms. The van der Waals surface area contributed by atoms with Gasteiger partial charge in [0.2, 0.25) is 5.91 Å². The monoisotopic (exact) mass is 342 g/mol. The van der Waals surface area contributed by atoms with Crippen LogP contribution in [0.4, 0.5) is 8.78 Å². The number of rotatable bonds is 6. The number of halogens is 2. The number of carbonyl (C=O) groups excluding carboxylic acids is 1.